The van der Waals surface area contributed by atoms with Gasteiger partial charge in [0.25, 0.3) is 5.91 Å². The van der Waals surface area contributed by atoms with Gasteiger partial charge < -0.3 is 9.80 Å². The van der Waals surface area contributed by atoms with Gasteiger partial charge in [-0.3, -0.25) is 14.3 Å². The highest BCUT2D eigenvalue weighted by Gasteiger charge is 2.56. The average molecular weight is 306 g/mol. The summed E-state index contributed by atoms with van der Waals surface area (Å²) < 4.78 is 15.6. The average Bonchev–Trinajstić information content (AvgIpc) is 2.85. The Morgan fingerprint density at radius 1 is 1.32 bits per heavy atom. The smallest absolute Gasteiger partial charge is 0.260 e. The zero-order valence-electron chi connectivity index (χ0n) is 12.6. The molecule has 4 rings (SSSR count). The van der Waals surface area contributed by atoms with E-state index in [0.29, 0.717) is 38.9 Å². The predicted octanol–water partition coefficient (Wildman–Crippen LogP) is 0.878. The highest BCUT2D eigenvalue weighted by molar-refractivity contribution is 5.96. The lowest BCUT2D eigenvalue weighted by molar-refractivity contribution is -0.137. The van der Waals surface area contributed by atoms with Gasteiger partial charge in [-0.15, -0.1) is 0 Å². The molecule has 2 saturated heterocycles. The molecule has 0 N–H and O–H groups in total. The maximum Gasteiger partial charge on any atom is 0.260 e. The van der Waals surface area contributed by atoms with E-state index in [2.05, 4.69) is 5.10 Å². The van der Waals surface area contributed by atoms with Crippen LogP contribution in [0.3, 0.4) is 0 Å². The van der Waals surface area contributed by atoms with E-state index in [0.717, 1.165) is 12.1 Å². The summed E-state index contributed by atoms with van der Waals surface area (Å²) in [5.74, 6) is -0.319. The third-order valence-electron chi connectivity index (χ3n) is 5.12. The maximum absolute atomic E-state index is 14.0. The molecule has 0 radical (unpaired) electrons. The number of likely N-dealkylation sites (tertiary alicyclic amines) is 1. The summed E-state index contributed by atoms with van der Waals surface area (Å²) in [6.07, 6.45) is 5.36. The van der Waals surface area contributed by atoms with Crippen LogP contribution in [0.15, 0.2) is 12.4 Å². The van der Waals surface area contributed by atoms with E-state index in [9.17, 15) is 14.0 Å². The standard InChI is InChI=1S/C15H19FN4O2/c1-18-8-11(7-17-18)20-10-14(6-12(20)21)4-5-19(9-14)13(22)15(16)2-3-15/h7-8H,2-6,9-10H2,1H3/t14-/m1/s1. The van der Waals surface area contributed by atoms with Crippen molar-refractivity contribution in [2.24, 2.45) is 12.5 Å². The van der Waals surface area contributed by atoms with Gasteiger partial charge in [-0.25, -0.2) is 4.39 Å². The van der Waals surface area contributed by atoms with E-state index in [4.69, 9.17) is 0 Å². The van der Waals surface area contributed by atoms with Crippen LogP contribution < -0.4 is 4.90 Å². The number of hydrogen-bond donors (Lipinski definition) is 0. The number of aryl methyl sites for hydroxylation is 1. The minimum Gasteiger partial charge on any atom is -0.339 e. The van der Waals surface area contributed by atoms with Crippen molar-refractivity contribution in [2.45, 2.75) is 31.4 Å². The summed E-state index contributed by atoms with van der Waals surface area (Å²) >= 11 is 0. The lowest BCUT2D eigenvalue weighted by Gasteiger charge is -2.24. The van der Waals surface area contributed by atoms with E-state index in [1.54, 1.807) is 20.7 Å². The molecule has 7 heteroatoms. The zero-order valence-corrected chi connectivity index (χ0v) is 12.6. The van der Waals surface area contributed by atoms with E-state index in [1.165, 1.54) is 0 Å². The van der Waals surface area contributed by atoms with Crippen LogP contribution in [0.2, 0.25) is 0 Å². The molecular formula is C15H19FN4O2. The Hall–Kier alpha value is -1.92. The maximum atomic E-state index is 14.0. The fourth-order valence-corrected chi connectivity index (χ4v) is 3.67. The van der Waals surface area contributed by atoms with Gasteiger partial charge in [-0.05, 0) is 19.3 Å². The highest BCUT2D eigenvalue weighted by atomic mass is 19.1. The lowest BCUT2D eigenvalue weighted by atomic mass is 9.86. The molecule has 2 amide bonds. The first-order valence-corrected chi connectivity index (χ1v) is 7.68. The summed E-state index contributed by atoms with van der Waals surface area (Å²) in [6, 6.07) is 0. The molecule has 0 bridgehead atoms. The Bertz CT molecular complexity index is 654. The van der Waals surface area contributed by atoms with E-state index < -0.39 is 5.67 Å². The van der Waals surface area contributed by atoms with Gasteiger partial charge in [0.05, 0.1) is 11.9 Å². The first-order chi connectivity index (χ1) is 10.4. The lowest BCUT2D eigenvalue weighted by Crippen LogP contribution is -2.39. The molecule has 3 fully saturated rings. The largest absolute Gasteiger partial charge is 0.339 e. The second-order valence-electron chi connectivity index (χ2n) is 6.97. The van der Waals surface area contributed by atoms with Crippen molar-refractivity contribution in [1.29, 1.82) is 0 Å². The molecule has 118 valence electrons. The minimum absolute atomic E-state index is 0.0590. The van der Waals surface area contributed by atoms with Crippen molar-refractivity contribution < 1.29 is 14.0 Å². The first-order valence-electron chi connectivity index (χ1n) is 7.68. The SMILES string of the molecule is Cn1cc(N2C[C@]3(CCN(C(=O)C4(F)CC4)C3)CC2=O)cn1. The summed E-state index contributed by atoms with van der Waals surface area (Å²) in [4.78, 5) is 27.8. The fraction of sp³-hybridized carbons (Fsp3) is 0.667. The molecule has 1 aromatic rings. The van der Waals surface area contributed by atoms with Crippen LogP contribution in [-0.2, 0) is 16.6 Å². The highest BCUT2D eigenvalue weighted by Crippen LogP contribution is 2.46. The van der Waals surface area contributed by atoms with Gasteiger partial charge >= 0.3 is 0 Å². The molecule has 3 aliphatic rings. The van der Waals surface area contributed by atoms with Crippen molar-refractivity contribution in [2.75, 3.05) is 24.5 Å². The number of alkyl halides is 1. The van der Waals surface area contributed by atoms with Crippen LogP contribution in [0.5, 0.6) is 0 Å². The topological polar surface area (TPSA) is 58.4 Å². The number of aromatic nitrogens is 2. The number of hydrogen-bond acceptors (Lipinski definition) is 3. The number of rotatable bonds is 2. The van der Waals surface area contributed by atoms with Gasteiger partial charge in [0, 0.05) is 44.7 Å². The number of carbonyl (C=O) groups is 2. The van der Waals surface area contributed by atoms with Crippen molar-refractivity contribution in [3.63, 3.8) is 0 Å². The van der Waals surface area contributed by atoms with E-state index >= 15 is 0 Å². The molecule has 1 saturated carbocycles. The predicted molar refractivity (Wildman–Crippen MR) is 76.9 cm³/mol. The van der Waals surface area contributed by atoms with Gasteiger partial charge in [0.1, 0.15) is 0 Å². The molecule has 1 spiro atoms. The third kappa shape index (κ3) is 2.02. The Kier molecular flexibility index (Phi) is 2.68. The van der Waals surface area contributed by atoms with Crippen LogP contribution in [-0.4, -0.2) is 51.8 Å². The van der Waals surface area contributed by atoms with Gasteiger partial charge in [-0.1, -0.05) is 0 Å². The fourth-order valence-electron chi connectivity index (χ4n) is 3.67. The molecule has 0 unspecified atom stereocenters. The second kappa shape index (κ2) is 4.30. The monoisotopic (exact) mass is 306 g/mol. The van der Waals surface area contributed by atoms with Gasteiger partial charge in [0.2, 0.25) is 5.91 Å². The Morgan fingerprint density at radius 2 is 2.09 bits per heavy atom. The Labute approximate surface area is 127 Å². The van der Waals surface area contributed by atoms with E-state index in [1.807, 2.05) is 13.2 Å². The quantitative estimate of drug-likeness (QED) is 0.815. The van der Waals surface area contributed by atoms with Crippen molar-refractivity contribution in [3.05, 3.63) is 12.4 Å². The third-order valence-corrected chi connectivity index (χ3v) is 5.12. The number of halogens is 1. The molecule has 1 aliphatic carbocycles. The molecule has 1 aromatic heterocycles. The van der Waals surface area contributed by atoms with E-state index in [-0.39, 0.29) is 17.2 Å². The molecule has 6 nitrogen and oxygen atoms in total. The van der Waals surface area contributed by atoms with Crippen LogP contribution >= 0.6 is 0 Å². The molecule has 22 heavy (non-hydrogen) atoms. The molecule has 2 aliphatic heterocycles. The van der Waals surface area contributed by atoms with Crippen molar-refractivity contribution in [3.8, 4) is 0 Å². The van der Waals surface area contributed by atoms with Gasteiger partial charge in [0.15, 0.2) is 5.67 Å². The van der Waals surface area contributed by atoms with Crippen LogP contribution in [0.4, 0.5) is 10.1 Å². The number of nitrogens with zero attached hydrogens (tertiary/aromatic N) is 4. The first kappa shape index (κ1) is 13.7. The Balaban J connectivity index is 1.50. The minimum atomic E-state index is -1.61. The van der Waals surface area contributed by atoms with Crippen molar-refractivity contribution in [1.82, 2.24) is 14.7 Å². The van der Waals surface area contributed by atoms with Crippen molar-refractivity contribution >= 4 is 17.5 Å². The van der Waals surface area contributed by atoms with Crippen LogP contribution in [0, 0.1) is 5.41 Å². The summed E-state index contributed by atoms with van der Waals surface area (Å²) in [6.45, 7) is 1.62. The normalized spacial score (nSPS) is 29.6. The van der Waals surface area contributed by atoms with Gasteiger partial charge in [-0.2, -0.15) is 5.10 Å². The Morgan fingerprint density at radius 3 is 2.73 bits per heavy atom. The summed E-state index contributed by atoms with van der Waals surface area (Å²) in [5.41, 5.74) is -1.05. The molecule has 3 heterocycles. The summed E-state index contributed by atoms with van der Waals surface area (Å²) in [5, 5.41) is 4.10. The zero-order chi connectivity index (χ0) is 15.5. The number of carbonyl (C=O) groups excluding carboxylic acids is 2. The molecular weight excluding hydrogens is 287 g/mol. The summed E-state index contributed by atoms with van der Waals surface area (Å²) in [7, 11) is 1.81. The number of anilines is 1. The number of amides is 2. The molecule has 0 aromatic carbocycles. The molecule has 1 atom stereocenters. The van der Waals surface area contributed by atoms with Crippen LogP contribution in [0.25, 0.3) is 0 Å². The van der Waals surface area contributed by atoms with Crippen LogP contribution in [0.1, 0.15) is 25.7 Å². The second-order valence-corrected chi connectivity index (χ2v) is 6.97.